The second kappa shape index (κ2) is 8.42. The number of anilines is 4. The number of carbonyl (C=O) groups excluding carboxylic acids is 2. The third-order valence-corrected chi connectivity index (χ3v) is 3.60. The van der Waals surface area contributed by atoms with Gasteiger partial charge in [-0.3, -0.25) is 9.59 Å². The molecule has 2 aromatic carbocycles. The van der Waals surface area contributed by atoms with E-state index in [9.17, 15) is 9.59 Å². The fraction of sp³-hybridized carbons (Fsp3) is 0.0500. The Bertz CT molecular complexity index is 1060. The third-order valence-electron chi connectivity index (χ3n) is 3.60. The Morgan fingerprint density at radius 2 is 1.71 bits per heavy atom. The fourth-order valence-electron chi connectivity index (χ4n) is 2.38. The molecule has 1 aromatic heterocycles. The summed E-state index contributed by atoms with van der Waals surface area (Å²) in [6.45, 7) is 1.44. The van der Waals surface area contributed by atoms with Gasteiger partial charge in [-0.25, -0.2) is 9.97 Å². The predicted molar refractivity (Wildman–Crippen MR) is 105 cm³/mol. The van der Waals surface area contributed by atoms with Crippen LogP contribution in [0.1, 0.15) is 23.0 Å². The van der Waals surface area contributed by atoms with E-state index in [1.54, 1.807) is 48.5 Å². The number of nitrogens with zero attached hydrogens (tertiary/aromatic N) is 3. The SMILES string of the molecule is CC(=O)Nc1ccc(Nc2nccc(C(=O)Nc3cccc(C#N)c3)n2)cc1. The monoisotopic (exact) mass is 372 g/mol. The standard InChI is InChI=1S/C20H16N6O2/c1-13(27)23-15-5-7-16(8-6-15)25-20-22-10-9-18(26-20)19(28)24-17-4-2-3-14(11-17)12-21/h2-11H,1H3,(H,23,27)(H,24,28)(H,22,25,26). The highest BCUT2D eigenvalue weighted by molar-refractivity contribution is 6.03. The van der Waals surface area contributed by atoms with Crippen molar-refractivity contribution >= 4 is 34.8 Å². The van der Waals surface area contributed by atoms with Gasteiger partial charge in [0.05, 0.1) is 11.6 Å². The molecular formula is C20H16N6O2. The number of amides is 2. The van der Waals surface area contributed by atoms with E-state index >= 15 is 0 Å². The number of aromatic nitrogens is 2. The highest BCUT2D eigenvalue weighted by Gasteiger charge is 2.10. The molecule has 3 rings (SSSR count). The van der Waals surface area contributed by atoms with Crippen LogP contribution in [-0.2, 0) is 4.79 Å². The molecule has 28 heavy (non-hydrogen) atoms. The van der Waals surface area contributed by atoms with Crippen molar-refractivity contribution in [2.45, 2.75) is 6.92 Å². The van der Waals surface area contributed by atoms with Crippen molar-refractivity contribution in [3.05, 3.63) is 72.1 Å². The number of carbonyl (C=O) groups is 2. The van der Waals surface area contributed by atoms with Gasteiger partial charge in [0.25, 0.3) is 5.91 Å². The molecule has 0 bridgehead atoms. The molecule has 0 saturated carbocycles. The molecule has 0 atom stereocenters. The first-order valence-electron chi connectivity index (χ1n) is 8.33. The maximum absolute atomic E-state index is 12.4. The van der Waals surface area contributed by atoms with E-state index in [-0.39, 0.29) is 17.5 Å². The quantitative estimate of drug-likeness (QED) is 0.632. The first kappa shape index (κ1) is 18.5. The van der Waals surface area contributed by atoms with Gasteiger partial charge in [0, 0.05) is 30.2 Å². The second-order valence-electron chi connectivity index (χ2n) is 5.80. The molecule has 138 valence electrons. The molecule has 0 unspecified atom stereocenters. The van der Waals surface area contributed by atoms with Crippen molar-refractivity contribution in [2.24, 2.45) is 0 Å². The Morgan fingerprint density at radius 3 is 2.43 bits per heavy atom. The van der Waals surface area contributed by atoms with Crippen molar-refractivity contribution in [3.63, 3.8) is 0 Å². The number of nitrogens with one attached hydrogen (secondary N) is 3. The smallest absolute Gasteiger partial charge is 0.274 e. The number of nitriles is 1. The second-order valence-corrected chi connectivity index (χ2v) is 5.80. The summed E-state index contributed by atoms with van der Waals surface area (Å²) in [4.78, 5) is 31.8. The molecule has 0 spiro atoms. The minimum atomic E-state index is -0.415. The largest absolute Gasteiger partial charge is 0.326 e. The van der Waals surface area contributed by atoms with Crippen LogP contribution in [0, 0.1) is 11.3 Å². The molecule has 0 aliphatic heterocycles. The van der Waals surface area contributed by atoms with Crippen LogP contribution in [0.2, 0.25) is 0 Å². The third kappa shape index (κ3) is 4.89. The molecule has 0 saturated heterocycles. The summed E-state index contributed by atoms with van der Waals surface area (Å²) in [5.41, 5.74) is 2.51. The van der Waals surface area contributed by atoms with Crippen molar-refractivity contribution in [1.82, 2.24) is 9.97 Å². The predicted octanol–water partition coefficient (Wildman–Crippen LogP) is 3.30. The van der Waals surface area contributed by atoms with Crippen molar-refractivity contribution in [1.29, 1.82) is 5.26 Å². The Labute approximate surface area is 161 Å². The van der Waals surface area contributed by atoms with Gasteiger partial charge in [0.2, 0.25) is 11.9 Å². The van der Waals surface area contributed by atoms with E-state index in [0.717, 1.165) is 0 Å². The zero-order valence-corrected chi connectivity index (χ0v) is 14.9. The summed E-state index contributed by atoms with van der Waals surface area (Å²) in [7, 11) is 0. The number of hydrogen-bond acceptors (Lipinski definition) is 6. The lowest BCUT2D eigenvalue weighted by Crippen LogP contribution is -2.14. The molecule has 0 aliphatic carbocycles. The minimum absolute atomic E-state index is 0.150. The average Bonchev–Trinajstić information content (AvgIpc) is 2.69. The zero-order chi connectivity index (χ0) is 19.9. The molecule has 0 radical (unpaired) electrons. The highest BCUT2D eigenvalue weighted by atomic mass is 16.2. The first-order chi connectivity index (χ1) is 13.5. The van der Waals surface area contributed by atoms with Gasteiger partial charge >= 0.3 is 0 Å². The lowest BCUT2D eigenvalue weighted by Gasteiger charge is -2.08. The van der Waals surface area contributed by atoms with Crippen LogP contribution in [0.15, 0.2) is 60.8 Å². The minimum Gasteiger partial charge on any atom is -0.326 e. The van der Waals surface area contributed by atoms with Gasteiger partial charge in [-0.05, 0) is 48.5 Å². The Kier molecular flexibility index (Phi) is 5.58. The van der Waals surface area contributed by atoms with Crippen LogP contribution in [0.5, 0.6) is 0 Å². The molecule has 1 heterocycles. The van der Waals surface area contributed by atoms with E-state index < -0.39 is 5.91 Å². The molecule has 8 nitrogen and oxygen atoms in total. The van der Waals surface area contributed by atoms with E-state index in [0.29, 0.717) is 22.6 Å². The summed E-state index contributed by atoms with van der Waals surface area (Å²) in [5, 5.41) is 17.3. The van der Waals surface area contributed by atoms with Crippen molar-refractivity contribution in [2.75, 3.05) is 16.0 Å². The summed E-state index contributed by atoms with van der Waals surface area (Å²) < 4.78 is 0. The van der Waals surface area contributed by atoms with Crippen LogP contribution in [0.4, 0.5) is 23.0 Å². The highest BCUT2D eigenvalue weighted by Crippen LogP contribution is 2.17. The van der Waals surface area contributed by atoms with Gasteiger partial charge in [-0.1, -0.05) is 6.07 Å². The summed E-state index contributed by atoms with van der Waals surface area (Å²) in [5.74, 6) is -0.310. The van der Waals surface area contributed by atoms with Gasteiger partial charge < -0.3 is 16.0 Å². The van der Waals surface area contributed by atoms with Crippen LogP contribution in [0.3, 0.4) is 0 Å². The molecule has 2 amide bonds. The van der Waals surface area contributed by atoms with Gasteiger partial charge in [-0.2, -0.15) is 5.26 Å². The summed E-state index contributed by atoms with van der Waals surface area (Å²) in [6.07, 6.45) is 1.47. The fourth-order valence-corrected chi connectivity index (χ4v) is 2.38. The van der Waals surface area contributed by atoms with Crippen LogP contribution in [-0.4, -0.2) is 21.8 Å². The van der Waals surface area contributed by atoms with Gasteiger partial charge in [-0.15, -0.1) is 0 Å². The maximum Gasteiger partial charge on any atom is 0.274 e. The maximum atomic E-state index is 12.4. The lowest BCUT2D eigenvalue weighted by molar-refractivity contribution is -0.114. The van der Waals surface area contributed by atoms with E-state index in [4.69, 9.17) is 5.26 Å². The van der Waals surface area contributed by atoms with Crippen LogP contribution >= 0.6 is 0 Å². The van der Waals surface area contributed by atoms with E-state index in [2.05, 4.69) is 25.9 Å². The zero-order valence-electron chi connectivity index (χ0n) is 14.9. The van der Waals surface area contributed by atoms with Gasteiger partial charge in [0.15, 0.2) is 0 Å². The van der Waals surface area contributed by atoms with Gasteiger partial charge in [0.1, 0.15) is 5.69 Å². The average molecular weight is 372 g/mol. The molecule has 3 N–H and O–H groups in total. The number of rotatable bonds is 5. The molecule has 3 aromatic rings. The summed E-state index contributed by atoms with van der Waals surface area (Å²) in [6, 6.07) is 17.1. The van der Waals surface area contributed by atoms with Crippen molar-refractivity contribution in [3.8, 4) is 6.07 Å². The van der Waals surface area contributed by atoms with Crippen molar-refractivity contribution < 1.29 is 9.59 Å². The Morgan fingerprint density at radius 1 is 0.964 bits per heavy atom. The Balaban J connectivity index is 1.70. The number of benzene rings is 2. The summed E-state index contributed by atoms with van der Waals surface area (Å²) >= 11 is 0. The first-order valence-corrected chi connectivity index (χ1v) is 8.33. The lowest BCUT2D eigenvalue weighted by atomic mass is 10.2. The topological polar surface area (TPSA) is 120 Å². The van der Waals surface area contributed by atoms with E-state index in [1.807, 2.05) is 6.07 Å². The number of hydrogen-bond donors (Lipinski definition) is 3. The van der Waals surface area contributed by atoms with Crippen LogP contribution in [0.25, 0.3) is 0 Å². The van der Waals surface area contributed by atoms with Crippen LogP contribution < -0.4 is 16.0 Å². The normalized spacial score (nSPS) is 9.86. The molecule has 0 aliphatic rings. The molecule has 0 fully saturated rings. The molecular weight excluding hydrogens is 356 g/mol. The Hall–Kier alpha value is -4.25. The molecule has 8 heteroatoms. The van der Waals surface area contributed by atoms with E-state index in [1.165, 1.54) is 19.2 Å².